The maximum absolute atomic E-state index is 12.2. The Labute approximate surface area is 162 Å². The Morgan fingerprint density at radius 2 is 1.93 bits per heavy atom. The average Bonchev–Trinajstić information content (AvgIpc) is 2.99. The number of benzene rings is 1. The van der Waals surface area contributed by atoms with Crippen LogP contribution in [0.15, 0.2) is 24.3 Å². The molecule has 1 amide bonds. The molecule has 0 aromatic heterocycles. The number of ether oxygens (including phenoxy) is 1. The molecule has 1 fully saturated rings. The lowest BCUT2D eigenvalue weighted by Crippen LogP contribution is -2.41. The number of nitrogens with zero attached hydrogens (tertiary/aromatic N) is 2. The van der Waals surface area contributed by atoms with Crippen LogP contribution in [0.5, 0.6) is 0 Å². The lowest BCUT2D eigenvalue weighted by molar-refractivity contribution is -0.138. The first kappa shape index (κ1) is 21.4. The molecule has 27 heavy (non-hydrogen) atoms. The van der Waals surface area contributed by atoms with Crippen LogP contribution in [0, 0.1) is 5.92 Å². The zero-order valence-electron chi connectivity index (χ0n) is 16.7. The van der Waals surface area contributed by atoms with Crippen LogP contribution in [0.4, 0.5) is 0 Å². The third-order valence-corrected chi connectivity index (χ3v) is 4.90. The van der Waals surface area contributed by atoms with Crippen molar-refractivity contribution in [3.63, 3.8) is 0 Å². The van der Waals surface area contributed by atoms with Gasteiger partial charge in [0.25, 0.3) is 0 Å². The van der Waals surface area contributed by atoms with Crippen molar-refractivity contribution in [3.8, 4) is 0 Å². The van der Waals surface area contributed by atoms with Gasteiger partial charge in [0.05, 0.1) is 18.8 Å². The summed E-state index contributed by atoms with van der Waals surface area (Å²) in [4.78, 5) is 23.7. The van der Waals surface area contributed by atoms with Gasteiger partial charge in [0.15, 0.2) is 0 Å². The van der Waals surface area contributed by atoms with Gasteiger partial charge in [-0.15, -0.1) is 0 Å². The number of aliphatic hydroxyl groups excluding tert-OH is 1. The molecular formula is C21H32N2O4. The minimum absolute atomic E-state index is 0.156. The van der Waals surface area contributed by atoms with E-state index in [4.69, 9.17) is 4.74 Å². The number of amides is 1. The summed E-state index contributed by atoms with van der Waals surface area (Å²) in [6, 6.07) is 7.31. The van der Waals surface area contributed by atoms with Crippen molar-refractivity contribution in [2.75, 3.05) is 26.7 Å². The number of rotatable bonds is 10. The monoisotopic (exact) mass is 376 g/mol. The number of aliphatic hydroxyl groups is 1. The van der Waals surface area contributed by atoms with Crippen molar-refractivity contribution in [2.45, 2.75) is 52.1 Å². The Bertz CT molecular complexity index is 615. The molecule has 6 heteroatoms. The molecule has 0 saturated carbocycles. The van der Waals surface area contributed by atoms with Gasteiger partial charge in [-0.25, -0.2) is 9.80 Å². The standard InChI is InChI=1S/C21H32N2O4/c1-16(2)15-19(24)5-4-12-22-13-11-20(25)23(22)14-10-17-6-8-18(9-7-17)21(26)27-3/h6-9,16,19,24H,4-5,10-15H2,1-3H3. The summed E-state index contributed by atoms with van der Waals surface area (Å²) in [5.74, 6) is 0.307. The van der Waals surface area contributed by atoms with Crippen molar-refractivity contribution < 1.29 is 19.4 Å². The van der Waals surface area contributed by atoms with Gasteiger partial charge in [-0.05, 0) is 49.3 Å². The Balaban J connectivity index is 1.81. The van der Waals surface area contributed by atoms with Crippen molar-refractivity contribution in [2.24, 2.45) is 5.92 Å². The summed E-state index contributed by atoms with van der Waals surface area (Å²) in [6.07, 6.45) is 3.50. The zero-order valence-corrected chi connectivity index (χ0v) is 16.7. The molecular weight excluding hydrogens is 344 g/mol. The van der Waals surface area contributed by atoms with Crippen LogP contribution in [-0.4, -0.2) is 59.8 Å². The van der Waals surface area contributed by atoms with Crippen LogP contribution in [0.1, 0.15) is 55.5 Å². The molecule has 1 aliphatic heterocycles. The maximum Gasteiger partial charge on any atom is 0.337 e. The van der Waals surface area contributed by atoms with E-state index in [0.29, 0.717) is 24.4 Å². The number of hydrogen-bond donors (Lipinski definition) is 1. The zero-order chi connectivity index (χ0) is 19.8. The van der Waals surface area contributed by atoms with E-state index in [0.717, 1.165) is 44.3 Å². The molecule has 1 saturated heterocycles. The largest absolute Gasteiger partial charge is 0.465 e. The Kier molecular flexibility index (Phi) is 8.25. The van der Waals surface area contributed by atoms with Crippen LogP contribution < -0.4 is 0 Å². The minimum atomic E-state index is -0.345. The molecule has 1 N–H and O–H groups in total. The fourth-order valence-corrected chi connectivity index (χ4v) is 3.46. The number of esters is 1. The van der Waals surface area contributed by atoms with Crippen molar-refractivity contribution >= 4 is 11.9 Å². The van der Waals surface area contributed by atoms with Gasteiger partial charge in [-0.3, -0.25) is 9.80 Å². The lowest BCUT2D eigenvalue weighted by atomic mass is 10.0. The second-order valence-electron chi connectivity index (χ2n) is 7.58. The molecule has 6 nitrogen and oxygen atoms in total. The average molecular weight is 376 g/mol. The predicted molar refractivity (Wildman–Crippen MR) is 104 cm³/mol. The number of carbonyl (C=O) groups is 2. The molecule has 1 heterocycles. The normalized spacial score (nSPS) is 16.2. The summed E-state index contributed by atoms with van der Waals surface area (Å²) in [5, 5.41) is 14.0. The first-order valence-corrected chi connectivity index (χ1v) is 9.81. The molecule has 1 unspecified atom stereocenters. The highest BCUT2D eigenvalue weighted by Crippen LogP contribution is 2.16. The Hall–Kier alpha value is -1.92. The third kappa shape index (κ3) is 6.63. The van der Waals surface area contributed by atoms with E-state index in [1.165, 1.54) is 7.11 Å². The molecule has 1 aliphatic rings. The van der Waals surface area contributed by atoms with Crippen LogP contribution >= 0.6 is 0 Å². The van der Waals surface area contributed by atoms with Gasteiger partial charge in [0.1, 0.15) is 0 Å². The lowest BCUT2D eigenvalue weighted by Gasteiger charge is -2.28. The topological polar surface area (TPSA) is 70.1 Å². The number of carbonyl (C=O) groups excluding carboxylic acids is 2. The SMILES string of the molecule is COC(=O)c1ccc(CCN2C(=O)CCN2CCCC(O)CC(C)C)cc1. The van der Waals surface area contributed by atoms with Crippen LogP contribution in [-0.2, 0) is 16.0 Å². The summed E-state index contributed by atoms with van der Waals surface area (Å²) in [7, 11) is 1.37. The van der Waals surface area contributed by atoms with Gasteiger partial charge in [0, 0.05) is 26.1 Å². The van der Waals surface area contributed by atoms with Gasteiger partial charge in [-0.2, -0.15) is 0 Å². The van der Waals surface area contributed by atoms with E-state index < -0.39 is 0 Å². The summed E-state index contributed by atoms with van der Waals surface area (Å²) < 4.78 is 4.70. The smallest absolute Gasteiger partial charge is 0.337 e. The molecule has 0 spiro atoms. The summed E-state index contributed by atoms with van der Waals surface area (Å²) >= 11 is 0. The minimum Gasteiger partial charge on any atom is -0.465 e. The molecule has 1 atom stereocenters. The van der Waals surface area contributed by atoms with E-state index >= 15 is 0 Å². The van der Waals surface area contributed by atoms with Gasteiger partial charge < -0.3 is 9.84 Å². The second kappa shape index (κ2) is 10.4. The highest BCUT2D eigenvalue weighted by atomic mass is 16.5. The first-order chi connectivity index (χ1) is 12.9. The van der Waals surface area contributed by atoms with E-state index in [1.807, 2.05) is 17.1 Å². The second-order valence-corrected chi connectivity index (χ2v) is 7.58. The van der Waals surface area contributed by atoms with Crippen molar-refractivity contribution in [1.82, 2.24) is 10.0 Å². The van der Waals surface area contributed by atoms with Crippen LogP contribution in [0.2, 0.25) is 0 Å². The highest BCUT2D eigenvalue weighted by Gasteiger charge is 2.28. The van der Waals surface area contributed by atoms with Crippen molar-refractivity contribution in [1.29, 1.82) is 0 Å². The molecule has 0 bridgehead atoms. The Morgan fingerprint density at radius 1 is 1.22 bits per heavy atom. The molecule has 2 rings (SSSR count). The van der Waals surface area contributed by atoms with Crippen LogP contribution in [0.25, 0.3) is 0 Å². The summed E-state index contributed by atoms with van der Waals surface area (Å²) in [5.41, 5.74) is 1.61. The van der Waals surface area contributed by atoms with Gasteiger partial charge >= 0.3 is 5.97 Å². The summed E-state index contributed by atoms with van der Waals surface area (Å²) in [6.45, 7) is 6.40. The quantitative estimate of drug-likeness (QED) is 0.636. The predicted octanol–water partition coefficient (Wildman–Crippen LogP) is 2.65. The maximum atomic E-state index is 12.2. The molecule has 150 valence electrons. The molecule has 0 aliphatic carbocycles. The van der Waals surface area contributed by atoms with Gasteiger partial charge in [-0.1, -0.05) is 26.0 Å². The first-order valence-electron chi connectivity index (χ1n) is 9.81. The molecule has 1 aromatic carbocycles. The van der Waals surface area contributed by atoms with Crippen LogP contribution in [0.3, 0.4) is 0 Å². The Morgan fingerprint density at radius 3 is 2.56 bits per heavy atom. The number of methoxy groups -OCH3 is 1. The molecule has 0 radical (unpaired) electrons. The number of hydrogen-bond acceptors (Lipinski definition) is 5. The van der Waals surface area contributed by atoms with E-state index in [1.54, 1.807) is 12.1 Å². The third-order valence-electron chi connectivity index (χ3n) is 4.90. The van der Waals surface area contributed by atoms with E-state index in [2.05, 4.69) is 18.9 Å². The number of hydrazine groups is 1. The van der Waals surface area contributed by atoms with Crippen molar-refractivity contribution in [3.05, 3.63) is 35.4 Å². The molecule has 1 aromatic rings. The van der Waals surface area contributed by atoms with E-state index in [9.17, 15) is 14.7 Å². The fourth-order valence-electron chi connectivity index (χ4n) is 3.46. The highest BCUT2D eigenvalue weighted by molar-refractivity contribution is 5.89. The van der Waals surface area contributed by atoms with Gasteiger partial charge in [0.2, 0.25) is 5.91 Å². The van der Waals surface area contributed by atoms with E-state index in [-0.39, 0.29) is 18.0 Å². The fraction of sp³-hybridized carbons (Fsp3) is 0.619.